The Labute approximate surface area is 175 Å². The highest BCUT2D eigenvalue weighted by Gasteiger charge is 2.23. The summed E-state index contributed by atoms with van der Waals surface area (Å²) in [5.74, 6) is -0.425. The monoisotopic (exact) mass is 430 g/mol. The molecule has 9 nitrogen and oxygen atoms in total. The number of aromatic nitrogens is 4. The number of carbonyl (C=O) groups is 1. The summed E-state index contributed by atoms with van der Waals surface area (Å²) in [6.45, 7) is 9.10. The normalized spacial score (nSPS) is 12.2. The van der Waals surface area contributed by atoms with Crippen LogP contribution >= 0.6 is 0 Å². The van der Waals surface area contributed by atoms with E-state index in [-0.39, 0.29) is 10.6 Å². The van der Waals surface area contributed by atoms with Crippen LogP contribution in [0.4, 0.5) is 5.69 Å². The fourth-order valence-electron chi connectivity index (χ4n) is 3.11. The second kappa shape index (κ2) is 7.69. The summed E-state index contributed by atoms with van der Waals surface area (Å²) in [4.78, 5) is 12.7. The van der Waals surface area contributed by atoms with Crippen LogP contribution in [0.15, 0.2) is 35.2 Å². The van der Waals surface area contributed by atoms with Gasteiger partial charge >= 0.3 is 0 Å². The van der Waals surface area contributed by atoms with E-state index in [1.54, 1.807) is 43.7 Å². The minimum atomic E-state index is -3.71. The summed E-state index contributed by atoms with van der Waals surface area (Å²) in [5.41, 5.74) is 3.25. The van der Waals surface area contributed by atoms with Gasteiger partial charge in [0.05, 0.1) is 16.3 Å². The maximum Gasteiger partial charge on any atom is 0.273 e. The predicted molar refractivity (Wildman–Crippen MR) is 115 cm³/mol. The summed E-state index contributed by atoms with van der Waals surface area (Å²) >= 11 is 0. The third-order valence-electron chi connectivity index (χ3n) is 4.43. The largest absolute Gasteiger partial charge is 0.321 e. The zero-order valence-electron chi connectivity index (χ0n) is 17.9. The molecule has 0 radical (unpaired) electrons. The van der Waals surface area contributed by atoms with Gasteiger partial charge in [-0.05, 0) is 58.9 Å². The SMILES string of the molecule is Cc1nn(C)c(C)c1-c1cc(C(=O)Nc2cccc(S(=O)(=O)NC(C)(C)C)c2)[nH]n1. The highest BCUT2D eigenvalue weighted by Crippen LogP contribution is 2.25. The highest BCUT2D eigenvalue weighted by molar-refractivity contribution is 7.89. The number of sulfonamides is 1. The summed E-state index contributed by atoms with van der Waals surface area (Å²) in [6.07, 6.45) is 0. The van der Waals surface area contributed by atoms with Crippen molar-refractivity contribution in [3.63, 3.8) is 0 Å². The van der Waals surface area contributed by atoms with E-state index in [9.17, 15) is 13.2 Å². The number of benzene rings is 1. The number of amides is 1. The quantitative estimate of drug-likeness (QED) is 0.575. The van der Waals surface area contributed by atoms with Gasteiger partial charge in [-0.15, -0.1) is 0 Å². The van der Waals surface area contributed by atoms with Crippen LogP contribution in [0.25, 0.3) is 11.3 Å². The molecule has 0 saturated carbocycles. The first-order chi connectivity index (χ1) is 13.9. The van der Waals surface area contributed by atoms with Crippen LogP contribution in [0.5, 0.6) is 0 Å². The molecule has 1 aromatic carbocycles. The molecule has 2 aromatic heterocycles. The van der Waals surface area contributed by atoms with Crippen molar-refractivity contribution in [1.82, 2.24) is 24.7 Å². The molecule has 3 rings (SSSR count). The molecule has 30 heavy (non-hydrogen) atoms. The van der Waals surface area contributed by atoms with Crippen molar-refractivity contribution in [3.05, 3.63) is 47.4 Å². The highest BCUT2D eigenvalue weighted by atomic mass is 32.2. The van der Waals surface area contributed by atoms with Gasteiger partial charge in [0.15, 0.2) is 0 Å². The number of nitrogens with zero attached hydrogens (tertiary/aromatic N) is 3. The smallest absolute Gasteiger partial charge is 0.273 e. The fourth-order valence-corrected chi connectivity index (χ4v) is 4.58. The van der Waals surface area contributed by atoms with E-state index >= 15 is 0 Å². The molecule has 1 amide bonds. The van der Waals surface area contributed by atoms with Gasteiger partial charge in [-0.25, -0.2) is 13.1 Å². The van der Waals surface area contributed by atoms with Crippen molar-refractivity contribution in [2.45, 2.75) is 45.1 Å². The van der Waals surface area contributed by atoms with E-state index < -0.39 is 21.5 Å². The molecule has 3 aromatic rings. The summed E-state index contributed by atoms with van der Waals surface area (Å²) in [7, 11) is -1.86. The van der Waals surface area contributed by atoms with E-state index in [1.165, 1.54) is 12.1 Å². The molecule has 0 atom stereocenters. The molecule has 2 heterocycles. The first-order valence-electron chi connectivity index (χ1n) is 9.39. The number of aromatic amines is 1. The number of rotatable bonds is 5. The zero-order chi connectivity index (χ0) is 22.3. The Hall–Kier alpha value is -2.98. The first-order valence-corrected chi connectivity index (χ1v) is 10.9. The Morgan fingerprint density at radius 2 is 1.87 bits per heavy atom. The van der Waals surface area contributed by atoms with Crippen LogP contribution in [0.2, 0.25) is 0 Å². The maximum absolute atomic E-state index is 12.7. The van der Waals surface area contributed by atoms with E-state index in [2.05, 4.69) is 25.3 Å². The number of aryl methyl sites for hydroxylation is 2. The van der Waals surface area contributed by atoms with E-state index in [0.717, 1.165) is 17.0 Å². The van der Waals surface area contributed by atoms with Gasteiger partial charge in [-0.1, -0.05) is 6.07 Å². The molecular weight excluding hydrogens is 404 g/mol. The van der Waals surface area contributed by atoms with E-state index in [0.29, 0.717) is 11.4 Å². The van der Waals surface area contributed by atoms with Crippen LogP contribution in [0.1, 0.15) is 42.6 Å². The second-order valence-corrected chi connectivity index (χ2v) is 9.86. The molecule has 0 aliphatic rings. The van der Waals surface area contributed by atoms with Crippen LogP contribution in [0, 0.1) is 13.8 Å². The van der Waals surface area contributed by atoms with Crippen LogP contribution in [-0.4, -0.2) is 39.8 Å². The van der Waals surface area contributed by atoms with Crippen molar-refractivity contribution < 1.29 is 13.2 Å². The molecule has 0 saturated heterocycles. The third kappa shape index (κ3) is 4.60. The topological polar surface area (TPSA) is 122 Å². The average Bonchev–Trinajstić information content (AvgIpc) is 3.18. The molecule has 160 valence electrons. The van der Waals surface area contributed by atoms with Crippen molar-refractivity contribution in [2.24, 2.45) is 7.05 Å². The maximum atomic E-state index is 12.7. The lowest BCUT2D eigenvalue weighted by Crippen LogP contribution is -2.40. The lowest BCUT2D eigenvalue weighted by atomic mass is 10.1. The van der Waals surface area contributed by atoms with Gasteiger partial charge in [0.25, 0.3) is 5.91 Å². The Balaban J connectivity index is 1.82. The van der Waals surface area contributed by atoms with E-state index in [1.807, 2.05) is 20.9 Å². The molecule has 0 aliphatic heterocycles. The van der Waals surface area contributed by atoms with Gasteiger partial charge < -0.3 is 5.32 Å². The Morgan fingerprint density at radius 3 is 2.47 bits per heavy atom. The van der Waals surface area contributed by atoms with Gasteiger partial charge in [-0.3, -0.25) is 14.6 Å². The summed E-state index contributed by atoms with van der Waals surface area (Å²) in [5, 5.41) is 14.0. The second-order valence-electron chi connectivity index (χ2n) is 8.17. The Morgan fingerprint density at radius 1 is 1.17 bits per heavy atom. The van der Waals surface area contributed by atoms with Gasteiger partial charge in [-0.2, -0.15) is 10.2 Å². The van der Waals surface area contributed by atoms with Gasteiger partial charge in [0.1, 0.15) is 5.69 Å². The van der Waals surface area contributed by atoms with E-state index in [4.69, 9.17) is 0 Å². The molecule has 10 heteroatoms. The first kappa shape index (κ1) is 21.7. The molecular formula is C20H26N6O3S. The minimum Gasteiger partial charge on any atom is -0.321 e. The summed E-state index contributed by atoms with van der Waals surface area (Å²) in [6, 6.07) is 7.74. The number of nitrogens with one attached hydrogen (secondary N) is 3. The number of hydrogen-bond acceptors (Lipinski definition) is 5. The molecule has 0 unspecified atom stereocenters. The molecule has 0 spiro atoms. The van der Waals surface area contributed by atoms with Gasteiger partial charge in [0.2, 0.25) is 10.0 Å². The summed E-state index contributed by atoms with van der Waals surface area (Å²) < 4.78 is 29.4. The van der Waals surface area contributed by atoms with Crippen molar-refractivity contribution in [1.29, 1.82) is 0 Å². The number of carbonyl (C=O) groups excluding carboxylic acids is 1. The molecule has 0 bridgehead atoms. The lowest BCUT2D eigenvalue weighted by Gasteiger charge is -2.20. The lowest BCUT2D eigenvalue weighted by molar-refractivity contribution is 0.102. The Kier molecular flexibility index (Phi) is 5.57. The van der Waals surface area contributed by atoms with Crippen LogP contribution < -0.4 is 10.0 Å². The van der Waals surface area contributed by atoms with Crippen molar-refractivity contribution >= 4 is 21.6 Å². The van der Waals surface area contributed by atoms with Crippen molar-refractivity contribution in [2.75, 3.05) is 5.32 Å². The minimum absolute atomic E-state index is 0.0714. The molecule has 0 fully saturated rings. The fraction of sp³-hybridized carbons (Fsp3) is 0.350. The van der Waals surface area contributed by atoms with Crippen LogP contribution in [-0.2, 0) is 17.1 Å². The number of H-pyrrole nitrogens is 1. The number of anilines is 1. The standard InChI is InChI=1S/C20H26N6O3S/c1-12-18(13(2)26(6)24-12)16-11-17(23-22-16)19(27)21-14-8-7-9-15(10-14)30(28,29)25-20(3,4)5/h7-11,25H,1-6H3,(H,21,27)(H,22,23). The average molecular weight is 431 g/mol. The van der Waals surface area contributed by atoms with Crippen LogP contribution in [0.3, 0.4) is 0 Å². The molecule has 0 aliphatic carbocycles. The predicted octanol–water partition coefficient (Wildman–Crippen LogP) is 2.76. The van der Waals surface area contributed by atoms with Crippen molar-refractivity contribution in [3.8, 4) is 11.3 Å². The number of hydrogen-bond donors (Lipinski definition) is 3. The molecule has 3 N–H and O–H groups in total. The zero-order valence-corrected chi connectivity index (χ0v) is 18.7. The van der Waals surface area contributed by atoms with Gasteiger partial charge in [0, 0.05) is 29.5 Å². The Bertz CT molecular complexity index is 1200. The third-order valence-corrected chi connectivity index (χ3v) is 6.19.